The van der Waals surface area contributed by atoms with Gasteiger partial charge in [-0.2, -0.15) is 0 Å². The predicted octanol–water partition coefficient (Wildman–Crippen LogP) is 3.12. The molecule has 1 unspecified atom stereocenters. The molecule has 1 atom stereocenters. The van der Waals surface area contributed by atoms with Crippen LogP contribution in [0.3, 0.4) is 0 Å². The second-order valence-electron chi connectivity index (χ2n) is 5.63. The number of aliphatic hydroxyl groups is 1. The minimum Gasteiger partial charge on any atom is -0.462 e. The van der Waals surface area contributed by atoms with Gasteiger partial charge in [0.05, 0.1) is 6.54 Å². The Morgan fingerprint density at radius 1 is 1.24 bits per heavy atom. The van der Waals surface area contributed by atoms with Crippen LogP contribution in [0.25, 0.3) is 0 Å². The average molecular weight is 289 g/mol. The fourth-order valence-electron chi connectivity index (χ4n) is 3.06. The van der Waals surface area contributed by atoms with E-state index in [1.165, 1.54) is 6.07 Å². The van der Waals surface area contributed by atoms with Crippen LogP contribution in [-0.4, -0.2) is 22.6 Å². The van der Waals surface area contributed by atoms with Gasteiger partial charge in [0.1, 0.15) is 23.9 Å². The summed E-state index contributed by atoms with van der Waals surface area (Å²) in [4.78, 5) is 2.38. The summed E-state index contributed by atoms with van der Waals surface area (Å²) in [6.07, 6.45) is 3.16. The Kier molecular flexibility index (Phi) is 4.36. The van der Waals surface area contributed by atoms with Gasteiger partial charge in [0, 0.05) is 6.04 Å². The van der Waals surface area contributed by atoms with Crippen molar-refractivity contribution in [2.24, 2.45) is 0 Å². The van der Waals surface area contributed by atoms with Crippen molar-refractivity contribution in [3.05, 3.63) is 59.3 Å². The van der Waals surface area contributed by atoms with Gasteiger partial charge < -0.3 is 9.52 Å². The highest BCUT2D eigenvalue weighted by Gasteiger charge is 2.25. The Hall–Kier alpha value is -1.65. The van der Waals surface area contributed by atoms with E-state index in [9.17, 15) is 4.39 Å². The number of halogens is 1. The highest BCUT2D eigenvalue weighted by Crippen LogP contribution is 2.24. The molecule has 1 saturated heterocycles. The molecule has 0 radical (unpaired) electrons. The maximum absolute atomic E-state index is 13.3. The molecule has 3 rings (SSSR count). The molecule has 1 aliphatic heterocycles. The van der Waals surface area contributed by atoms with Crippen molar-refractivity contribution in [1.29, 1.82) is 0 Å². The first-order valence-electron chi connectivity index (χ1n) is 7.41. The van der Waals surface area contributed by atoms with Crippen molar-refractivity contribution in [3.8, 4) is 0 Å². The Labute approximate surface area is 124 Å². The summed E-state index contributed by atoms with van der Waals surface area (Å²) in [6, 6.07) is 11.0. The van der Waals surface area contributed by atoms with Crippen LogP contribution in [0.5, 0.6) is 0 Å². The Balaban J connectivity index is 1.65. The van der Waals surface area contributed by atoms with Gasteiger partial charge in [-0.05, 0) is 55.6 Å². The molecule has 3 nitrogen and oxygen atoms in total. The number of rotatable bonds is 5. The van der Waals surface area contributed by atoms with E-state index in [4.69, 9.17) is 9.52 Å². The molecule has 1 fully saturated rings. The van der Waals surface area contributed by atoms with E-state index in [2.05, 4.69) is 4.90 Å². The van der Waals surface area contributed by atoms with Gasteiger partial charge >= 0.3 is 0 Å². The van der Waals surface area contributed by atoms with Gasteiger partial charge in [0.15, 0.2) is 0 Å². The molecule has 112 valence electrons. The Morgan fingerprint density at radius 3 is 2.86 bits per heavy atom. The van der Waals surface area contributed by atoms with E-state index in [0.29, 0.717) is 11.8 Å². The average Bonchev–Trinajstić information content (AvgIpc) is 3.09. The van der Waals surface area contributed by atoms with Gasteiger partial charge in [-0.3, -0.25) is 4.90 Å². The standard InChI is InChI=1S/C17H20FNO2/c18-14-4-1-3-13(9-14)10-15-5-2-8-19(15)11-16-6-7-17(12-20)21-16/h1,3-4,6-7,9,15,20H,2,5,8,10-12H2. The minimum absolute atomic E-state index is 0.0628. The van der Waals surface area contributed by atoms with E-state index in [-0.39, 0.29) is 12.4 Å². The first-order valence-corrected chi connectivity index (χ1v) is 7.41. The van der Waals surface area contributed by atoms with Crippen LogP contribution < -0.4 is 0 Å². The molecule has 0 saturated carbocycles. The monoisotopic (exact) mass is 289 g/mol. The molecule has 1 aromatic heterocycles. The number of nitrogens with zero attached hydrogens (tertiary/aromatic N) is 1. The molecule has 1 N–H and O–H groups in total. The molecule has 0 bridgehead atoms. The third kappa shape index (κ3) is 3.52. The van der Waals surface area contributed by atoms with E-state index >= 15 is 0 Å². The van der Waals surface area contributed by atoms with Crippen LogP contribution in [-0.2, 0) is 19.6 Å². The van der Waals surface area contributed by atoms with Crippen LogP contribution in [0.2, 0.25) is 0 Å². The highest BCUT2D eigenvalue weighted by atomic mass is 19.1. The SMILES string of the molecule is OCc1ccc(CN2CCCC2Cc2cccc(F)c2)o1. The maximum Gasteiger partial charge on any atom is 0.129 e. The highest BCUT2D eigenvalue weighted by molar-refractivity contribution is 5.18. The van der Waals surface area contributed by atoms with Crippen molar-refractivity contribution in [2.75, 3.05) is 6.54 Å². The molecule has 2 aromatic rings. The van der Waals surface area contributed by atoms with Crippen molar-refractivity contribution in [3.63, 3.8) is 0 Å². The number of hydrogen-bond donors (Lipinski definition) is 1. The molecular formula is C17H20FNO2. The van der Waals surface area contributed by atoms with Crippen molar-refractivity contribution in [2.45, 2.75) is 38.5 Å². The Morgan fingerprint density at radius 2 is 2.10 bits per heavy atom. The van der Waals surface area contributed by atoms with Gasteiger partial charge in [0.25, 0.3) is 0 Å². The van der Waals surface area contributed by atoms with Gasteiger partial charge in [-0.25, -0.2) is 4.39 Å². The maximum atomic E-state index is 13.3. The molecule has 1 aliphatic rings. The van der Waals surface area contributed by atoms with Gasteiger partial charge in [0.2, 0.25) is 0 Å². The number of furan rings is 1. The first-order chi connectivity index (χ1) is 10.2. The lowest BCUT2D eigenvalue weighted by Crippen LogP contribution is -2.30. The summed E-state index contributed by atoms with van der Waals surface area (Å²) in [6.45, 7) is 1.72. The summed E-state index contributed by atoms with van der Waals surface area (Å²) in [5, 5.41) is 9.04. The van der Waals surface area contributed by atoms with E-state index in [1.54, 1.807) is 12.1 Å². The number of hydrogen-bond acceptors (Lipinski definition) is 3. The fourth-order valence-corrected chi connectivity index (χ4v) is 3.06. The zero-order valence-electron chi connectivity index (χ0n) is 12.0. The predicted molar refractivity (Wildman–Crippen MR) is 78.2 cm³/mol. The normalized spacial score (nSPS) is 19.2. The molecule has 0 aliphatic carbocycles. The van der Waals surface area contributed by atoms with Crippen molar-refractivity contribution >= 4 is 0 Å². The van der Waals surface area contributed by atoms with Crippen LogP contribution in [0, 0.1) is 5.82 Å². The number of benzene rings is 1. The lowest BCUT2D eigenvalue weighted by atomic mass is 10.0. The smallest absolute Gasteiger partial charge is 0.129 e. The molecule has 0 amide bonds. The zero-order chi connectivity index (χ0) is 14.7. The summed E-state index contributed by atoms with van der Waals surface area (Å²) in [7, 11) is 0. The summed E-state index contributed by atoms with van der Waals surface area (Å²) < 4.78 is 18.8. The summed E-state index contributed by atoms with van der Waals surface area (Å²) in [5.74, 6) is 1.31. The van der Waals surface area contributed by atoms with Crippen LogP contribution >= 0.6 is 0 Å². The van der Waals surface area contributed by atoms with E-state index < -0.39 is 0 Å². The van der Waals surface area contributed by atoms with Gasteiger partial charge in [-0.1, -0.05) is 12.1 Å². The summed E-state index contributed by atoms with van der Waals surface area (Å²) in [5.41, 5.74) is 1.04. The molecule has 1 aromatic carbocycles. The first kappa shape index (κ1) is 14.3. The largest absolute Gasteiger partial charge is 0.462 e. The van der Waals surface area contributed by atoms with Crippen molar-refractivity contribution < 1.29 is 13.9 Å². The molecule has 21 heavy (non-hydrogen) atoms. The second-order valence-corrected chi connectivity index (χ2v) is 5.63. The molecule has 4 heteroatoms. The van der Waals surface area contributed by atoms with Crippen LogP contribution in [0.4, 0.5) is 4.39 Å². The zero-order valence-corrected chi connectivity index (χ0v) is 12.0. The van der Waals surface area contributed by atoms with Crippen LogP contribution in [0.1, 0.15) is 29.9 Å². The Bertz CT molecular complexity index is 596. The molecule has 2 heterocycles. The minimum atomic E-state index is -0.171. The van der Waals surface area contributed by atoms with Gasteiger partial charge in [-0.15, -0.1) is 0 Å². The summed E-state index contributed by atoms with van der Waals surface area (Å²) >= 11 is 0. The quantitative estimate of drug-likeness (QED) is 0.919. The third-order valence-corrected chi connectivity index (χ3v) is 4.09. The van der Waals surface area contributed by atoms with E-state index in [1.807, 2.05) is 18.2 Å². The second kappa shape index (κ2) is 6.41. The fraction of sp³-hybridized carbons (Fsp3) is 0.412. The number of likely N-dealkylation sites (tertiary alicyclic amines) is 1. The third-order valence-electron chi connectivity index (χ3n) is 4.09. The molecular weight excluding hydrogens is 269 g/mol. The topological polar surface area (TPSA) is 36.6 Å². The van der Waals surface area contributed by atoms with Crippen molar-refractivity contribution in [1.82, 2.24) is 4.90 Å². The number of aliphatic hydroxyl groups excluding tert-OH is 1. The lowest BCUT2D eigenvalue weighted by Gasteiger charge is -2.23. The van der Waals surface area contributed by atoms with Crippen LogP contribution in [0.15, 0.2) is 40.8 Å². The van der Waals surface area contributed by atoms with E-state index in [0.717, 1.165) is 43.7 Å². The lowest BCUT2D eigenvalue weighted by molar-refractivity contribution is 0.208. The molecule has 0 spiro atoms.